The van der Waals surface area contributed by atoms with E-state index >= 15 is 0 Å². The van der Waals surface area contributed by atoms with Gasteiger partial charge in [-0.3, -0.25) is 0 Å². The van der Waals surface area contributed by atoms with Crippen LogP contribution in [0.5, 0.6) is 0 Å². The highest BCUT2D eigenvalue weighted by Gasteiger charge is 2.46. The van der Waals surface area contributed by atoms with E-state index in [0.29, 0.717) is 11.1 Å². The molecule has 0 fully saturated rings. The molecule has 6 aromatic rings. The molecule has 0 saturated heterocycles. The lowest BCUT2D eigenvalue weighted by Crippen LogP contribution is -2.43. The van der Waals surface area contributed by atoms with Crippen molar-refractivity contribution in [1.29, 1.82) is 10.5 Å². The maximum absolute atomic E-state index is 9.54. The first-order chi connectivity index (χ1) is 25.7. The van der Waals surface area contributed by atoms with Gasteiger partial charge >= 0.3 is 0 Å². The van der Waals surface area contributed by atoms with Crippen LogP contribution in [0.2, 0.25) is 0 Å². The molecule has 0 amide bonds. The van der Waals surface area contributed by atoms with E-state index in [1.54, 1.807) is 0 Å². The molecule has 4 aromatic carbocycles. The highest BCUT2D eigenvalue weighted by molar-refractivity contribution is 5.79. The van der Waals surface area contributed by atoms with E-state index in [4.69, 9.17) is 0 Å². The quantitative estimate of drug-likeness (QED) is 0.111. The number of rotatable bonds is 9. The van der Waals surface area contributed by atoms with Gasteiger partial charge in [-0.2, -0.15) is 19.7 Å². The molecule has 6 nitrogen and oxygen atoms in total. The highest BCUT2D eigenvalue weighted by atomic mass is 15.2. The SMILES string of the molecule is CCCCCC1(C)CC(C)(C)c2cc3c(cc21)[n+](CC[n+]1cn(-c2ccc(C#N)cc2)c2cc4c(cc21)C(C)(C)CC4(C)C)cn3-c1ccc(C#N)cc1. The molecule has 0 radical (unpaired) electrons. The van der Waals surface area contributed by atoms with Crippen molar-refractivity contribution in [2.75, 3.05) is 0 Å². The largest absolute Gasteiger partial charge is 0.250 e. The smallest absolute Gasteiger partial charge is 0.225 e. The molecule has 1 unspecified atom stereocenters. The lowest BCUT2D eigenvalue weighted by Gasteiger charge is -2.27. The van der Waals surface area contributed by atoms with Crippen molar-refractivity contribution in [1.82, 2.24) is 9.13 Å². The van der Waals surface area contributed by atoms with Crippen molar-refractivity contribution in [3.8, 4) is 23.5 Å². The number of nitrogens with zero attached hydrogens (tertiary/aromatic N) is 6. The third-order valence-electron chi connectivity index (χ3n) is 12.9. The number of hydrogen-bond donors (Lipinski definition) is 0. The van der Waals surface area contributed by atoms with Crippen molar-refractivity contribution < 1.29 is 9.13 Å². The summed E-state index contributed by atoms with van der Waals surface area (Å²) in [7, 11) is 0. The minimum atomic E-state index is 0.0839. The van der Waals surface area contributed by atoms with Crippen LogP contribution in [0, 0.1) is 22.7 Å². The molecule has 0 saturated carbocycles. The van der Waals surface area contributed by atoms with Crippen molar-refractivity contribution in [3.05, 3.63) is 119 Å². The van der Waals surface area contributed by atoms with Crippen molar-refractivity contribution in [2.24, 2.45) is 0 Å². The van der Waals surface area contributed by atoms with Gasteiger partial charge in [-0.1, -0.05) is 74.7 Å². The van der Waals surface area contributed by atoms with E-state index in [-0.39, 0.29) is 21.7 Å². The Kier molecular flexibility index (Phi) is 8.42. The monoisotopic (exact) mass is 714 g/mol. The van der Waals surface area contributed by atoms with Gasteiger partial charge < -0.3 is 0 Å². The fourth-order valence-electron chi connectivity index (χ4n) is 10.5. The predicted molar refractivity (Wildman–Crippen MR) is 216 cm³/mol. The Balaban J connectivity index is 1.27. The normalized spacial score (nSPS) is 19.1. The Bertz CT molecular complexity index is 2510. The molecule has 0 N–H and O–H groups in total. The molecule has 0 bridgehead atoms. The molecule has 8 rings (SSSR count). The first-order valence-corrected chi connectivity index (χ1v) is 19.9. The first-order valence-electron chi connectivity index (χ1n) is 19.9. The second kappa shape index (κ2) is 12.7. The number of aromatic nitrogens is 4. The van der Waals surface area contributed by atoms with Crippen LogP contribution in [0.1, 0.15) is 127 Å². The summed E-state index contributed by atoms with van der Waals surface area (Å²) in [6.45, 7) is 20.7. The zero-order chi connectivity index (χ0) is 38.2. The topological polar surface area (TPSA) is 65.2 Å². The van der Waals surface area contributed by atoms with Gasteiger partial charge in [0.1, 0.15) is 24.5 Å². The summed E-state index contributed by atoms with van der Waals surface area (Å²) in [4.78, 5) is 0. The molecule has 0 spiro atoms. The molecular formula is C48H54N6+2. The number of fused-ring (bicyclic) bond motifs is 4. The van der Waals surface area contributed by atoms with E-state index in [0.717, 1.165) is 37.3 Å². The number of unbranched alkanes of at least 4 members (excludes halogenated alkanes) is 2. The molecule has 2 aliphatic rings. The zero-order valence-corrected chi connectivity index (χ0v) is 33.4. The second-order valence-corrected chi connectivity index (χ2v) is 18.5. The van der Waals surface area contributed by atoms with Crippen LogP contribution in [-0.4, -0.2) is 9.13 Å². The molecule has 274 valence electrons. The van der Waals surface area contributed by atoms with Gasteiger partial charge in [0.25, 0.3) is 0 Å². The lowest BCUT2D eigenvalue weighted by atomic mass is 9.76. The van der Waals surface area contributed by atoms with Crippen LogP contribution in [0.15, 0.2) is 85.5 Å². The number of benzene rings is 4. The average molecular weight is 715 g/mol. The van der Waals surface area contributed by atoms with E-state index in [2.05, 4.69) is 147 Å². The molecule has 6 heteroatoms. The Morgan fingerprint density at radius 2 is 1.00 bits per heavy atom. The van der Waals surface area contributed by atoms with Gasteiger partial charge in [-0.05, 0) is 136 Å². The molecular weight excluding hydrogens is 661 g/mol. The van der Waals surface area contributed by atoms with Crippen molar-refractivity contribution in [3.63, 3.8) is 0 Å². The third-order valence-corrected chi connectivity index (χ3v) is 12.9. The van der Waals surface area contributed by atoms with Crippen LogP contribution < -0.4 is 9.13 Å². The van der Waals surface area contributed by atoms with Crippen LogP contribution >= 0.6 is 0 Å². The number of imidazole rings is 2. The second-order valence-electron chi connectivity index (χ2n) is 18.5. The number of hydrogen-bond acceptors (Lipinski definition) is 2. The molecule has 54 heavy (non-hydrogen) atoms. The van der Waals surface area contributed by atoms with Gasteiger partial charge in [0.15, 0.2) is 22.1 Å². The van der Waals surface area contributed by atoms with Crippen LogP contribution in [-0.2, 0) is 34.7 Å². The van der Waals surface area contributed by atoms with Crippen LogP contribution in [0.25, 0.3) is 33.4 Å². The van der Waals surface area contributed by atoms with E-state index < -0.39 is 0 Å². The summed E-state index contributed by atoms with van der Waals surface area (Å²) in [5.41, 5.74) is 14.6. The van der Waals surface area contributed by atoms with Crippen LogP contribution in [0.3, 0.4) is 0 Å². The van der Waals surface area contributed by atoms with Crippen molar-refractivity contribution in [2.45, 2.75) is 129 Å². The van der Waals surface area contributed by atoms with Gasteiger partial charge in [0.2, 0.25) is 12.7 Å². The molecule has 2 aromatic heterocycles. The zero-order valence-electron chi connectivity index (χ0n) is 33.4. The Hall–Kier alpha value is -5.20. The maximum Gasteiger partial charge on any atom is 0.250 e. The molecule has 2 aliphatic carbocycles. The van der Waals surface area contributed by atoms with Crippen LogP contribution in [0.4, 0.5) is 0 Å². The minimum Gasteiger partial charge on any atom is -0.225 e. The third kappa shape index (κ3) is 5.83. The number of aryl methyl sites for hydroxylation is 2. The minimum absolute atomic E-state index is 0.0839. The number of nitriles is 2. The molecule has 0 aliphatic heterocycles. The predicted octanol–water partition coefficient (Wildman–Crippen LogP) is 10.1. The van der Waals surface area contributed by atoms with Gasteiger partial charge in [-0.25, -0.2) is 9.13 Å². The highest BCUT2D eigenvalue weighted by Crippen LogP contribution is 2.53. The first kappa shape index (κ1) is 35.8. The maximum atomic E-state index is 9.54. The standard InChI is InChI=1S/C48H54N6/c1-9-10-11-20-48(8)30-47(6,7)39-25-44-42(26-40(39)48)52(32-54(44)36-18-14-34(28-50)15-19-36)22-21-51-31-53(35-16-12-33(27-49)13-17-35)43-24-38-37(23-41(43)51)45(2,3)29-46(38,4)5/h12-19,23-26,31-32H,9-11,20-22,29-30H2,1-8H3/q+2. The lowest BCUT2D eigenvalue weighted by molar-refractivity contribution is -0.755. The summed E-state index contributed by atoms with van der Waals surface area (Å²) in [6, 6.07) is 30.4. The summed E-state index contributed by atoms with van der Waals surface area (Å²) >= 11 is 0. The van der Waals surface area contributed by atoms with Gasteiger partial charge in [0, 0.05) is 0 Å². The Labute approximate surface area is 320 Å². The van der Waals surface area contributed by atoms with E-state index in [9.17, 15) is 10.5 Å². The van der Waals surface area contributed by atoms with Gasteiger partial charge in [-0.15, -0.1) is 0 Å². The summed E-state index contributed by atoms with van der Waals surface area (Å²) in [5, 5.41) is 19.1. The average Bonchev–Trinajstić information content (AvgIpc) is 3.80. The fraction of sp³-hybridized carbons (Fsp3) is 0.417. The Morgan fingerprint density at radius 1 is 0.574 bits per heavy atom. The summed E-state index contributed by atoms with van der Waals surface area (Å²) < 4.78 is 9.50. The Morgan fingerprint density at radius 3 is 1.46 bits per heavy atom. The molecule has 1 atom stereocenters. The summed E-state index contributed by atoms with van der Waals surface area (Å²) in [5.74, 6) is 0. The van der Waals surface area contributed by atoms with Gasteiger partial charge in [0.05, 0.1) is 23.3 Å². The summed E-state index contributed by atoms with van der Waals surface area (Å²) in [6.07, 6.45) is 11.8. The fourth-order valence-corrected chi connectivity index (χ4v) is 10.5. The van der Waals surface area contributed by atoms with Crippen molar-refractivity contribution >= 4 is 22.1 Å². The molecule has 2 heterocycles. The van der Waals surface area contributed by atoms with E-state index in [1.807, 2.05) is 24.3 Å². The van der Waals surface area contributed by atoms with E-state index in [1.165, 1.54) is 70.0 Å².